The molecule has 16 heavy (non-hydrogen) atoms. The fraction of sp³-hybridized carbons (Fsp3) is 0.769. The Balaban J connectivity index is 2.31. The van der Waals surface area contributed by atoms with Crippen molar-refractivity contribution in [2.75, 3.05) is 0 Å². The van der Waals surface area contributed by atoms with E-state index in [1.165, 1.54) is 12.8 Å². The molecule has 1 fully saturated rings. The van der Waals surface area contributed by atoms with Crippen molar-refractivity contribution in [2.45, 2.75) is 64.5 Å². The molecule has 0 aromatic heterocycles. The summed E-state index contributed by atoms with van der Waals surface area (Å²) in [5.74, 6) is 0. The smallest absolute Gasteiger partial charge is 0.407 e. The lowest BCUT2D eigenvalue weighted by molar-refractivity contribution is 0.0392. The largest absolute Gasteiger partial charge is 0.443 e. The summed E-state index contributed by atoms with van der Waals surface area (Å²) in [4.78, 5) is 11.6. The maximum Gasteiger partial charge on any atom is 0.407 e. The summed E-state index contributed by atoms with van der Waals surface area (Å²) in [6.45, 7) is 5.83. The highest BCUT2D eigenvalue weighted by Gasteiger charge is 2.24. The molecule has 1 aliphatic rings. The van der Waals surface area contributed by atoms with Crippen LogP contribution >= 0.6 is 0 Å². The molecule has 0 aliphatic heterocycles. The van der Waals surface area contributed by atoms with Gasteiger partial charge in [-0.2, -0.15) is 0 Å². The Labute approximate surface area is 98.2 Å². The highest BCUT2D eigenvalue weighted by Crippen LogP contribution is 2.19. The fourth-order valence-corrected chi connectivity index (χ4v) is 1.96. The minimum absolute atomic E-state index is 0.276. The zero-order valence-corrected chi connectivity index (χ0v) is 10.6. The van der Waals surface area contributed by atoms with Gasteiger partial charge in [0.05, 0.1) is 0 Å². The van der Waals surface area contributed by atoms with Gasteiger partial charge in [-0.15, -0.1) is 0 Å². The molecule has 1 amide bonds. The molecule has 92 valence electrons. The van der Waals surface area contributed by atoms with E-state index in [0.29, 0.717) is 6.04 Å². The number of rotatable bonds is 4. The quantitative estimate of drug-likeness (QED) is 0.745. The van der Waals surface area contributed by atoms with Crippen LogP contribution in [0.15, 0.2) is 12.2 Å². The van der Waals surface area contributed by atoms with Gasteiger partial charge in [0.15, 0.2) is 0 Å². The van der Waals surface area contributed by atoms with Gasteiger partial charge >= 0.3 is 6.09 Å². The molecule has 0 bridgehead atoms. The summed E-state index contributed by atoms with van der Waals surface area (Å²) in [7, 11) is 0. The Hall–Kier alpha value is -0.990. The Kier molecular flexibility index (Phi) is 4.84. The minimum Gasteiger partial charge on any atom is -0.443 e. The third-order valence-corrected chi connectivity index (χ3v) is 2.89. The first kappa shape index (κ1) is 13.1. The molecule has 1 aliphatic carbocycles. The predicted molar refractivity (Wildman–Crippen MR) is 65.4 cm³/mol. The summed E-state index contributed by atoms with van der Waals surface area (Å²) in [6, 6.07) is 0.324. The number of hydrogen-bond acceptors (Lipinski definition) is 2. The van der Waals surface area contributed by atoms with Crippen LogP contribution in [0.4, 0.5) is 4.79 Å². The molecule has 0 heterocycles. The Morgan fingerprint density at radius 1 is 1.44 bits per heavy atom. The van der Waals surface area contributed by atoms with Crippen LogP contribution in [0.25, 0.3) is 0 Å². The normalized spacial score (nSPS) is 17.9. The number of allylic oxidation sites excluding steroid dienone is 1. The van der Waals surface area contributed by atoms with Crippen molar-refractivity contribution in [3.8, 4) is 0 Å². The van der Waals surface area contributed by atoms with Gasteiger partial charge < -0.3 is 10.1 Å². The zero-order chi connectivity index (χ0) is 12.0. The topological polar surface area (TPSA) is 38.3 Å². The van der Waals surface area contributed by atoms with E-state index in [2.05, 4.69) is 5.32 Å². The maximum atomic E-state index is 11.6. The lowest BCUT2D eigenvalue weighted by Gasteiger charge is -2.25. The second-order valence-electron chi connectivity index (χ2n) is 5.05. The van der Waals surface area contributed by atoms with E-state index in [1.54, 1.807) is 0 Å². The Morgan fingerprint density at radius 2 is 2.06 bits per heavy atom. The number of carbonyl (C=O) groups is 1. The van der Waals surface area contributed by atoms with Gasteiger partial charge in [-0.25, -0.2) is 4.79 Å². The molecule has 0 aromatic rings. The summed E-state index contributed by atoms with van der Waals surface area (Å²) in [5.41, 5.74) is -0.421. The van der Waals surface area contributed by atoms with Crippen LogP contribution in [-0.2, 0) is 4.74 Å². The van der Waals surface area contributed by atoms with Crippen molar-refractivity contribution < 1.29 is 9.53 Å². The number of hydrogen-bond donors (Lipinski definition) is 1. The highest BCUT2D eigenvalue weighted by molar-refractivity contribution is 5.68. The van der Waals surface area contributed by atoms with Crippen molar-refractivity contribution in [3.63, 3.8) is 0 Å². The first-order chi connectivity index (χ1) is 7.53. The maximum absolute atomic E-state index is 11.6. The molecule has 3 nitrogen and oxygen atoms in total. The Bertz CT molecular complexity index is 253. The number of carbonyl (C=O) groups excluding carboxylic acids is 1. The zero-order valence-electron chi connectivity index (χ0n) is 10.6. The lowest BCUT2D eigenvalue weighted by atomic mass is 10.1. The molecule has 0 radical (unpaired) electrons. The summed E-state index contributed by atoms with van der Waals surface area (Å²) >= 11 is 0. The average Bonchev–Trinajstić information content (AvgIpc) is 2.66. The number of alkyl carbamates (subject to hydrolysis) is 1. The summed E-state index contributed by atoms with van der Waals surface area (Å²) < 4.78 is 5.40. The molecule has 0 unspecified atom stereocenters. The van der Waals surface area contributed by atoms with Gasteiger partial charge in [-0.05, 0) is 33.6 Å². The van der Waals surface area contributed by atoms with Gasteiger partial charge in [0, 0.05) is 12.5 Å². The monoisotopic (exact) mass is 225 g/mol. The van der Waals surface area contributed by atoms with E-state index >= 15 is 0 Å². The van der Waals surface area contributed by atoms with Gasteiger partial charge in [-0.3, -0.25) is 0 Å². The second-order valence-corrected chi connectivity index (χ2v) is 5.05. The van der Waals surface area contributed by atoms with Crippen molar-refractivity contribution in [1.29, 1.82) is 0 Å². The van der Waals surface area contributed by atoms with Gasteiger partial charge in [-0.1, -0.05) is 25.0 Å². The highest BCUT2D eigenvalue weighted by atomic mass is 16.6. The van der Waals surface area contributed by atoms with Crippen LogP contribution < -0.4 is 5.32 Å². The molecule has 0 spiro atoms. The van der Waals surface area contributed by atoms with E-state index in [4.69, 9.17) is 4.74 Å². The second kappa shape index (κ2) is 5.92. The van der Waals surface area contributed by atoms with Crippen molar-refractivity contribution >= 4 is 6.09 Å². The third-order valence-electron chi connectivity index (χ3n) is 2.89. The SMILES string of the molecule is C/C=C/CC(C)(C)OC(=O)NC1CCCC1. The molecule has 0 aromatic carbocycles. The standard InChI is InChI=1S/C13H23NO2/c1-4-5-10-13(2,3)16-12(15)14-11-8-6-7-9-11/h4-5,11H,6-10H2,1-3H3,(H,14,15)/b5-4+. The van der Waals surface area contributed by atoms with Crippen LogP contribution in [0.5, 0.6) is 0 Å². The van der Waals surface area contributed by atoms with Crippen LogP contribution in [0, 0.1) is 0 Å². The molecular weight excluding hydrogens is 202 g/mol. The Morgan fingerprint density at radius 3 is 2.62 bits per heavy atom. The lowest BCUT2D eigenvalue weighted by Crippen LogP contribution is -2.38. The van der Waals surface area contributed by atoms with Crippen molar-refractivity contribution in [2.24, 2.45) is 0 Å². The van der Waals surface area contributed by atoms with Crippen LogP contribution in [0.3, 0.4) is 0 Å². The van der Waals surface area contributed by atoms with E-state index in [0.717, 1.165) is 19.3 Å². The first-order valence-corrected chi connectivity index (χ1v) is 6.14. The summed E-state index contributed by atoms with van der Waals surface area (Å²) in [5, 5.41) is 2.93. The van der Waals surface area contributed by atoms with E-state index in [9.17, 15) is 4.79 Å². The molecule has 0 atom stereocenters. The van der Waals surface area contributed by atoms with E-state index in [-0.39, 0.29) is 6.09 Å². The molecule has 3 heteroatoms. The van der Waals surface area contributed by atoms with Crippen molar-refractivity contribution in [1.82, 2.24) is 5.32 Å². The molecule has 1 rings (SSSR count). The first-order valence-electron chi connectivity index (χ1n) is 6.14. The predicted octanol–water partition coefficient (Wildman–Crippen LogP) is 3.40. The van der Waals surface area contributed by atoms with Crippen LogP contribution in [-0.4, -0.2) is 17.7 Å². The van der Waals surface area contributed by atoms with Crippen LogP contribution in [0.1, 0.15) is 52.9 Å². The number of ether oxygens (including phenoxy) is 1. The minimum atomic E-state index is -0.421. The number of amides is 1. The van der Waals surface area contributed by atoms with Crippen LogP contribution in [0.2, 0.25) is 0 Å². The number of nitrogens with one attached hydrogen (secondary N) is 1. The molecule has 0 saturated heterocycles. The molecular formula is C13H23NO2. The molecule has 1 saturated carbocycles. The summed E-state index contributed by atoms with van der Waals surface area (Å²) in [6.07, 6.45) is 9.07. The average molecular weight is 225 g/mol. The van der Waals surface area contributed by atoms with Crippen molar-refractivity contribution in [3.05, 3.63) is 12.2 Å². The van der Waals surface area contributed by atoms with Gasteiger partial charge in [0.25, 0.3) is 0 Å². The molecule has 1 N–H and O–H groups in total. The van der Waals surface area contributed by atoms with Gasteiger partial charge in [0.1, 0.15) is 5.60 Å². The van der Waals surface area contributed by atoms with E-state index < -0.39 is 5.60 Å². The van der Waals surface area contributed by atoms with Gasteiger partial charge in [0.2, 0.25) is 0 Å². The fourth-order valence-electron chi connectivity index (χ4n) is 1.96. The van der Waals surface area contributed by atoms with E-state index in [1.807, 2.05) is 32.9 Å². The third kappa shape index (κ3) is 4.69.